The highest BCUT2D eigenvalue weighted by Gasteiger charge is 2.26. The first kappa shape index (κ1) is 15.8. The Hall–Kier alpha value is -0.210. The average Bonchev–Trinajstić information content (AvgIpc) is 2.57. The van der Waals surface area contributed by atoms with Crippen LogP contribution in [-0.2, 0) is 10.0 Å². The number of aryl methyl sites for hydroxylation is 1. The number of hydrogen-bond donors (Lipinski definition) is 2. The van der Waals surface area contributed by atoms with Crippen LogP contribution in [0, 0.1) is 12.8 Å². The Morgan fingerprint density at radius 2 is 2.11 bits per heavy atom. The second kappa shape index (κ2) is 6.29. The molecule has 18 heavy (non-hydrogen) atoms. The molecule has 1 unspecified atom stereocenters. The number of aliphatic hydroxyl groups excluding tert-OH is 1. The van der Waals surface area contributed by atoms with Crippen LogP contribution in [-0.4, -0.2) is 31.2 Å². The van der Waals surface area contributed by atoms with E-state index in [1.807, 2.05) is 13.8 Å². The van der Waals surface area contributed by atoms with Gasteiger partial charge in [0.1, 0.15) is 0 Å². The molecule has 0 radical (unpaired) electrons. The molecule has 0 saturated carbocycles. The fourth-order valence-electron chi connectivity index (χ4n) is 1.52. The Balaban J connectivity index is 2.97. The lowest BCUT2D eigenvalue weighted by Crippen LogP contribution is -2.39. The zero-order valence-corrected chi connectivity index (χ0v) is 12.9. The molecule has 0 aliphatic rings. The number of halogens is 1. The van der Waals surface area contributed by atoms with E-state index in [4.69, 9.17) is 16.7 Å². The van der Waals surface area contributed by atoms with E-state index in [1.165, 1.54) is 0 Å². The fourth-order valence-corrected chi connectivity index (χ4v) is 4.69. The summed E-state index contributed by atoms with van der Waals surface area (Å²) >= 11 is 6.64. The van der Waals surface area contributed by atoms with Gasteiger partial charge in [-0.3, -0.25) is 0 Å². The number of thiazole rings is 1. The number of aromatic nitrogens is 1. The standard InChI is InChI=1S/C10H17ClN2O3S2/c1-6(2)8(4-5-14)13-18(15,16)9-7(3)12-10(11)17-9/h6,8,13-14H,4-5H2,1-3H3. The molecule has 0 saturated heterocycles. The smallest absolute Gasteiger partial charge is 0.252 e. The molecule has 104 valence electrons. The van der Waals surface area contributed by atoms with E-state index in [9.17, 15) is 8.42 Å². The van der Waals surface area contributed by atoms with Gasteiger partial charge in [0.2, 0.25) is 0 Å². The van der Waals surface area contributed by atoms with Crippen molar-refractivity contribution in [3.63, 3.8) is 0 Å². The van der Waals surface area contributed by atoms with Crippen LogP contribution >= 0.6 is 22.9 Å². The van der Waals surface area contributed by atoms with Crippen LogP contribution in [0.4, 0.5) is 0 Å². The van der Waals surface area contributed by atoms with Crippen molar-refractivity contribution in [2.45, 2.75) is 37.4 Å². The summed E-state index contributed by atoms with van der Waals surface area (Å²) in [6, 6.07) is -0.305. The molecule has 1 heterocycles. The Bertz CT molecular complexity index is 499. The van der Waals surface area contributed by atoms with Crippen molar-refractivity contribution in [2.75, 3.05) is 6.61 Å². The zero-order valence-electron chi connectivity index (χ0n) is 10.5. The van der Waals surface area contributed by atoms with Gasteiger partial charge in [-0.1, -0.05) is 36.8 Å². The number of hydrogen-bond acceptors (Lipinski definition) is 5. The lowest BCUT2D eigenvalue weighted by Gasteiger charge is -2.20. The second-order valence-corrected chi connectivity index (χ2v) is 7.81. The first-order valence-electron chi connectivity index (χ1n) is 5.54. The lowest BCUT2D eigenvalue weighted by molar-refractivity contribution is 0.256. The predicted molar refractivity (Wildman–Crippen MR) is 72.5 cm³/mol. The molecule has 2 N–H and O–H groups in total. The highest BCUT2D eigenvalue weighted by molar-refractivity contribution is 7.91. The van der Waals surface area contributed by atoms with Crippen molar-refractivity contribution < 1.29 is 13.5 Å². The fraction of sp³-hybridized carbons (Fsp3) is 0.700. The third kappa shape index (κ3) is 3.89. The van der Waals surface area contributed by atoms with Crippen LogP contribution in [0.15, 0.2) is 4.21 Å². The second-order valence-electron chi connectivity index (χ2n) is 4.32. The van der Waals surface area contributed by atoms with Gasteiger partial charge in [0.05, 0.1) is 5.69 Å². The minimum atomic E-state index is -3.63. The first-order chi connectivity index (χ1) is 8.27. The summed E-state index contributed by atoms with van der Waals surface area (Å²) in [6.45, 7) is 5.34. The first-order valence-corrected chi connectivity index (χ1v) is 8.21. The van der Waals surface area contributed by atoms with Crippen LogP contribution in [0.1, 0.15) is 26.0 Å². The topological polar surface area (TPSA) is 79.3 Å². The molecule has 1 atom stereocenters. The summed E-state index contributed by atoms with van der Waals surface area (Å²) < 4.78 is 27.3. The van der Waals surface area contributed by atoms with E-state index in [0.29, 0.717) is 12.1 Å². The zero-order chi connectivity index (χ0) is 13.9. The maximum Gasteiger partial charge on any atom is 0.252 e. The Labute approximate surface area is 116 Å². The van der Waals surface area contributed by atoms with E-state index in [1.54, 1.807) is 6.92 Å². The van der Waals surface area contributed by atoms with Gasteiger partial charge in [-0.25, -0.2) is 18.1 Å². The van der Waals surface area contributed by atoms with Crippen LogP contribution in [0.5, 0.6) is 0 Å². The lowest BCUT2D eigenvalue weighted by atomic mass is 10.0. The highest BCUT2D eigenvalue weighted by Crippen LogP contribution is 2.27. The average molecular weight is 313 g/mol. The normalized spacial score (nSPS) is 14.1. The van der Waals surface area contributed by atoms with Crippen molar-refractivity contribution >= 4 is 33.0 Å². The van der Waals surface area contributed by atoms with Gasteiger partial charge < -0.3 is 5.11 Å². The molecule has 5 nitrogen and oxygen atoms in total. The molecular weight excluding hydrogens is 296 g/mol. The molecule has 0 amide bonds. The van der Waals surface area contributed by atoms with Crippen molar-refractivity contribution in [1.29, 1.82) is 0 Å². The number of sulfonamides is 1. The van der Waals surface area contributed by atoms with E-state index in [0.717, 1.165) is 11.3 Å². The van der Waals surface area contributed by atoms with Gasteiger partial charge in [-0.2, -0.15) is 0 Å². The molecule has 1 rings (SSSR count). The van der Waals surface area contributed by atoms with Gasteiger partial charge in [0.15, 0.2) is 8.68 Å². The number of nitrogens with zero attached hydrogens (tertiary/aromatic N) is 1. The van der Waals surface area contributed by atoms with E-state index in [2.05, 4.69) is 9.71 Å². The third-order valence-electron chi connectivity index (χ3n) is 2.52. The Morgan fingerprint density at radius 1 is 1.50 bits per heavy atom. The quantitative estimate of drug-likeness (QED) is 0.839. The molecule has 0 bridgehead atoms. The summed E-state index contributed by atoms with van der Waals surface area (Å²) in [5.74, 6) is 0.0932. The van der Waals surface area contributed by atoms with Gasteiger partial charge in [-0.15, -0.1) is 0 Å². The summed E-state index contributed by atoms with van der Waals surface area (Å²) in [6.07, 6.45) is 0.377. The molecular formula is C10H17ClN2O3S2. The number of aliphatic hydroxyl groups is 1. The Morgan fingerprint density at radius 3 is 2.50 bits per heavy atom. The molecule has 0 aliphatic carbocycles. The van der Waals surface area contributed by atoms with Gasteiger partial charge >= 0.3 is 0 Å². The molecule has 0 aromatic carbocycles. The van der Waals surface area contributed by atoms with Crippen LogP contribution in [0.3, 0.4) is 0 Å². The molecule has 0 aliphatic heterocycles. The van der Waals surface area contributed by atoms with Gasteiger partial charge in [0.25, 0.3) is 10.0 Å². The minimum Gasteiger partial charge on any atom is -0.396 e. The molecule has 1 aromatic rings. The maximum absolute atomic E-state index is 12.2. The van der Waals surface area contributed by atoms with E-state index in [-0.39, 0.29) is 27.2 Å². The van der Waals surface area contributed by atoms with Gasteiger partial charge in [0, 0.05) is 12.6 Å². The van der Waals surface area contributed by atoms with Crippen LogP contribution in [0.25, 0.3) is 0 Å². The summed E-state index contributed by atoms with van der Waals surface area (Å²) in [5, 5.41) is 8.95. The summed E-state index contributed by atoms with van der Waals surface area (Å²) in [7, 11) is -3.63. The maximum atomic E-state index is 12.2. The number of rotatable bonds is 6. The third-order valence-corrected chi connectivity index (χ3v) is 5.88. The molecule has 0 fully saturated rings. The highest BCUT2D eigenvalue weighted by atomic mass is 35.5. The van der Waals surface area contributed by atoms with Gasteiger partial charge in [-0.05, 0) is 19.3 Å². The van der Waals surface area contributed by atoms with E-state index >= 15 is 0 Å². The monoisotopic (exact) mass is 312 g/mol. The largest absolute Gasteiger partial charge is 0.396 e. The van der Waals surface area contributed by atoms with Crippen molar-refractivity contribution in [3.05, 3.63) is 10.2 Å². The minimum absolute atomic E-state index is 0.0617. The number of nitrogens with one attached hydrogen (secondary N) is 1. The Kier molecular flexibility index (Phi) is 5.54. The van der Waals surface area contributed by atoms with Crippen molar-refractivity contribution in [2.24, 2.45) is 5.92 Å². The van der Waals surface area contributed by atoms with Crippen molar-refractivity contribution in [3.8, 4) is 0 Å². The summed E-state index contributed by atoms with van der Waals surface area (Å²) in [5.41, 5.74) is 0.393. The molecule has 0 spiro atoms. The van der Waals surface area contributed by atoms with Crippen molar-refractivity contribution in [1.82, 2.24) is 9.71 Å². The van der Waals surface area contributed by atoms with Crippen LogP contribution < -0.4 is 4.72 Å². The van der Waals surface area contributed by atoms with E-state index < -0.39 is 10.0 Å². The SMILES string of the molecule is Cc1nc(Cl)sc1S(=O)(=O)NC(CCO)C(C)C. The predicted octanol–water partition coefficient (Wildman–Crippen LogP) is 1.79. The molecule has 8 heteroatoms. The molecule has 1 aromatic heterocycles. The summed E-state index contributed by atoms with van der Waals surface area (Å²) in [4.78, 5) is 3.89. The van der Waals surface area contributed by atoms with Crippen LogP contribution in [0.2, 0.25) is 4.47 Å².